The van der Waals surface area contributed by atoms with Gasteiger partial charge in [0.15, 0.2) is 0 Å². The number of benzene rings is 2. The minimum atomic E-state index is -3.68. The molecule has 22 heavy (non-hydrogen) atoms. The lowest BCUT2D eigenvalue weighted by molar-refractivity contribution is -0.116. The van der Waals surface area contributed by atoms with Crippen LogP contribution in [0.4, 0.5) is 11.4 Å². The summed E-state index contributed by atoms with van der Waals surface area (Å²) in [6.07, 6.45) is 0.910. The Morgan fingerprint density at radius 3 is 2.64 bits per heavy atom. The number of rotatable bonds is 3. The van der Waals surface area contributed by atoms with Crippen LogP contribution in [0.5, 0.6) is 0 Å². The van der Waals surface area contributed by atoms with Gasteiger partial charge >= 0.3 is 0 Å². The van der Waals surface area contributed by atoms with E-state index in [1.807, 2.05) is 6.07 Å². The Morgan fingerprint density at radius 1 is 1.09 bits per heavy atom. The number of hydrogen-bond acceptors (Lipinski definition) is 3. The molecule has 2 aromatic carbocycles. The van der Waals surface area contributed by atoms with Crippen LogP contribution in [0.15, 0.2) is 51.8 Å². The van der Waals surface area contributed by atoms with Gasteiger partial charge in [0.2, 0.25) is 5.91 Å². The van der Waals surface area contributed by atoms with Crippen LogP contribution in [-0.2, 0) is 21.2 Å². The predicted octanol–water partition coefficient (Wildman–Crippen LogP) is 3.13. The van der Waals surface area contributed by atoms with E-state index in [4.69, 9.17) is 0 Å². The lowest BCUT2D eigenvalue weighted by Gasteiger charge is -2.18. The molecule has 0 radical (unpaired) electrons. The fourth-order valence-electron chi connectivity index (χ4n) is 2.27. The Kier molecular flexibility index (Phi) is 3.92. The van der Waals surface area contributed by atoms with Gasteiger partial charge in [-0.05, 0) is 58.2 Å². The zero-order chi connectivity index (χ0) is 15.7. The quantitative estimate of drug-likeness (QED) is 0.858. The molecule has 0 saturated heterocycles. The van der Waals surface area contributed by atoms with Crippen molar-refractivity contribution in [1.29, 1.82) is 0 Å². The summed E-state index contributed by atoms with van der Waals surface area (Å²) in [5.41, 5.74) is 1.99. The van der Waals surface area contributed by atoms with E-state index in [-0.39, 0.29) is 10.8 Å². The number of aryl methyl sites for hydroxylation is 1. The predicted molar refractivity (Wildman–Crippen MR) is 88.3 cm³/mol. The first-order chi connectivity index (χ1) is 10.5. The van der Waals surface area contributed by atoms with E-state index >= 15 is 0 Å². The summed E-state index contributed by atoms with van der Waals surface area (Å²) in [6.45, 7) is 0. The second kappa shape index (κ2) is 5.73. The van der Waals surface area contributed by atoms with Gasteiger partial charge in [-0.3, -0.25) is 9.52 Å². The van der Waals surface area contributed by atoms with Crippen molar-refractivity contribution in [3.8, 4) is 0 Å². The van der Waals surface area contributed by atoms with E-state index in [1.165, 1.54) is 6.07 Å². The lowest BCUT2D eigenvalue weighted by atomic mass is 10.0. The molecule has 0 atom stereocenters. The minimum Gasteiger partial charge on any atom is -0.326 e. The number of amides is 1. The number of fused-ring (bicyclic) bond motifs is 1. The summed E-state index contributed by atoms with van der Waals surface area (Å²) in [7, 11) is -3.68. The number of sulfonamides is 1. The third-order valence-electron chi connectivity index (χ3n) is 3.40. The summed E-state index contributed by atoms with van der Waals surface area (Å²) in [6, 6.07) is 11.7. The molecule has 1 aliphatic heterocycles. The minimum absolute atomic E-state index is 0.0468. The molecular formula is C15H13BrN2O3S. The maximum absolute atomic E-state index is 12.5. The summed E-state index contributed by atoms with van der Waals surface area (Å²) >= 11 is 3.31. The van der Waals surface area contributed by atoms with Crippen molar-refractivity contribution < 1.29 is 13.2 Å². The first-order valence-corrected chi connectivity index (χ1v) is 8.93. The van der Waals surface area contributed by atoms with Crippen molar-refractivity contribution in [1.82, 2.24) is 0 Å². The third-order valence-corrected chi connectivity index (χ3v) is 5.46. The number of halogens is 1. The highest BCUT2D eigenvalue weighted by atomic mass is 79.9. The van der Waals surface area contributed by atoms with Crippen LogP contribution in [0, 0.1) is 0 Å². The molecule has 2 aromatic rings. The van der Waals surface area contributed by atoms with Crippen LogP contribution < -0.4 is 10.0 Å². The molecule has 0 saturated carbocycles. The Labute approximate surface area is 136 Å². The number of carbonyl (C=O) groups excluding carboxylic acids is 1. The van der Waals surface area contributed by atoms with Crippen molar-refractivity contribution in [2.24, 2.45) is 0 Å². The fourth-order valence-corrected chi connectivity index (χ4v) is 3.92. The van der Waals surface area contributed by atoms with E-state index in [9.17, 15) is 13.2 Å². The van der Waals surface area contributed by atoms with Gasteiger partial charge in [0.1, 0.15) is 0 Å². The number of nitrogens with one attached hydrogen (secondary N) is 2. The summed E-state index contributed by atoms with van der Waals surface area (Å²) < 4.78 is 28.2. The maximum atomic E-state index is 12.5. The van der Waals surface area contributed by atoms with Crippen LogP contribution in [0.1, 0.15) is 12.0 Å². The molecule has 5 nitrogen and oxygen atoms in total. The Balaban J connectivity index is 1.93. The molecule has 1 amide bonds. The van der Waals surface area contributed by atoms with Gasteiger partial charge in [0.25, 0.3) is 10.0 Å². The third kappa shape index (κ3) is 3.00. The topological polar surface area (TPSA) is 75.3 Å². The fraction of sp³-hybridized carbons (Fsp3) is 0.133. The van der Waals surface area contributed by atoms with Gasteiger partial charge in [-0.25, -0.2) is 8.42 Å². The molecule has 0 aromatic heterocycles. The van der Waals surface area contributed by atoms with E-state index < -0.39 is 10.0 Å². The van der Waals surface area contributed by atoms with Gasteiger partial charge in [-0.2, -0.15) is 0 Å². The molecule has 3 rings (SSSR count). The van der Waals surface area contributed by atoms with Crippen LogP contribution in [-0.4, -0.2) is 14.3 Å². The van der Waals surface area contributed by atoms with Crippen LogP contribution in [0.2, 0.25) is 0 Å². The van der Waals surface area contributed by atoms with Crippen molar-refractivity contribution in [3.63, 3.8) is 0 Å². The van der Waals surface area contributed by atoms with Crippen LogP contribution in [0.25, 0.3) is 0 Å². The van der Waals surface area contributed by atoms with Gasteiger partial charge in [0, 0.05) is 16.6 Å². The van der Waals surface area contributed by atoms with Crippen molar-refractivity contribution in [3.05, 3.63) is 52.5 Å². The summed E-state index contributed by atoms with van der Waals surface area (Å²) in [5.74, 6) is -0.0468. The first-order valence-electron chi connectivity index (χ1n) is 6.66. The molecule has 1 aliphatic rings. The number of anilines is 2. The average molecular weight is 381 g/mol. The molecule has 2 N–H and O–H groups in total. The standard InChI is InChI=1S/C15H13BrN2O3S/c16-12-3-1-2-4-14(12)18-22(20,21)11-6-7-13-10(9-11)5-8-15(19)17-13/h1-4,6-7,9,18H,5,8H2,(H,17,19). The Bertz CT molecular complexity index is 850. The molecule has 0 aliphatic carbocycles. The van der Waals surface area contributed by atoms with Crippen molar-refractivity contribution in [2.75, 3.05) is 10.0 Å². The number of carbonyl (C=O) groups is 1. The number of para-hydroxylation sites is 1. The largest absolute Gasteiger partial charge is 0.326 e. The molecular weight excluding hydrogens is 368 g/mol. The average Bonchev–Trinajstić information content (AvgIpc) is 2.49. The highest BCUT2D eigenvalue weighted by molar-refractivity contribution is 9.10. The zero-order valence-corrected chi connectivity index (χ0v) is 13.9. The van der Waals surface area contributed by atoms with E-state index in [0.717, 1.165) is 5.56 Å². The molecule has 0 spiro atoms. The molecule has 0 bridgehead atoms. The number of hydrogen-bond donors (Lipinski definition) is 2. The van der Waals surface area contributed by atoms with Gasteiger partial charge in [-0.15, -0.1) is 0 Å². The second-order valence-corrected chi connectivity index (χ2v) is 7.49. The Hall–Kier alpha value is -1.86. The molecule has 0 unspecified atom stereocenters. The molecule has 7 heteroatoms. The van der Waals surface area contributed by atoms with Crippen LogP contribution in [0.3, 0.4) is 0 Å². The van der Waals surface area contributed by atoms with Gasteiger partial charge < -0.3 is 5.32 Å². The smallest absolute Gasteiger partial charge is 0.261 e. The van der Waals surface area contributed by atoms with Gasteiger partial charge in [0.05, 0.1) is 10.6 Å². The summed E-state index contributed by atoms with van der Waals surface area (Å²) in [5, 5.41) is 2.74. The van der Waals surface area contributed by atoms with Crippen LogP contribution >= 0.6 is 15.9 Å². The highest BCUT2D eigenvalue weighted by Crippen LogP contribution is 2.28. The van der Waals surface area contributed by atoms with E-state index in [1.54, 1.807) is 30.3 Å². The second-order valence-electron chi connectivity index (χ2n) is 4.95. The normalized spacial score (nSPS) is 14.1. The lowest BCUT2D eigenvalue weighted by Crippen LogP contribution is -2.20. The maximum Gasteiger partial charge on any atom is 0.261 e. The monoisotopic (exact) mass is 380 g/mol. The summed E-state index contributed by atoms with van der Waals surface area (Å²) in [4.78, 5) is 11.5. The first kappa shape index (κ1) is 15.1. The van der Waals surface area contributed by atoms with E-state index in [2.05, 4.69) is 26.0 Å². The zero-order valence-electron chi connectivity index (χ0n) is 11.5. The Morgan fingerprint density at radius 2 is 1.86 bits per heavy atom. The van der Waals surface area contributed by atoms with Crippen molar-refractivity contribution >= 4 is 43.2 Å². The van der Waals surface area contributed by atoms with Crippen molar-refractivity contribution in [2.45, 2.75) is 17.7 Å². The van der Waals surface area contributed by atoms with Gasteiger partial charge in [-0.1, -0.05) is 12.1 Å². The van der Waals surface area contributed by atoms with E-state index in [0.29, 0.717) is 28.7 Å². The molecule has 0 fully saturated rings. The molecule has 1 heterocycles. The highest BCUT2D eigenvalue weighted by Gasteiger charge is 2.20. The SMILES string of the molecule is O=C1CCc2cc(S(=O)(=O)Nc3ccccc3Br)ccc2N1. The molecule has 114 valence electrons.